The first kappa shape index (κ1) is 12.5. The molecule has 1 aromatic heterocycles. The van der Waals surface area contributed by atoms with Crippen LogP contribution in [-0.4, -0.2) is 37.4 Å². The molecule has 0 spiro atoms. The summed E-state index contributed by atoms with van der Waals surface area (Å²) < 4.78 is 0. The van der Waals surface area contributed by atoms with E-state index in [-0.39, 0.29) is 18.2 Å². The van der Waals surface area contributed by atoms with Crippen LogP contribution in [-0.2, 0) is 11.3 Å². The van der Waals surface area contributed by atoms with Crippen LogP contribution in [0.25, 0.3) is 0 Å². The number of nitrogens with zero attached hydrogens (tertiary/aromatic N) is 5. The van der Waals surface area contributed by atoms with Crippen molar-refractivity contribution in [3.63, 3.8) is 0 Å². The van der Waals surface area contributed by atoms with E-state index >= 15 is 0 Å². The van der Waals surface area contributed by atoms with Gasteiger partial charge in [-0.25, -0.2) is 5.43 Å². The largest absolute Gasteiger partial charge is 0.508 e. The van der Waals surface area contributed by atoms with Crippen LogP contribution in [0.15, 0.2) is 29.4 Å². The molecule has 0 radical (unpaired) electrons. The number of rotatable bonds is 4. The standard InChI is InChI=1S/C10H11N7O2/c11-10-14-16-17(15-10)6-9(19)13-12-5-7-2-1-3-8(18)4-7/h1-5,18H,6H2,(H2,11,15)(H,13,19)/b12-5-. The summed E-state index contributed by atoms with van der Waals surface area (Å²) in [5.41, 5.74) is 8.20. The van der Waals surface area contributed by atoms with Crippen LogP contribution in [0.4, 0.5) is 5.95 Å². The summed E-state index contributed by atoms with van der Waals surface area (Å²) >= 11 is 0. The van der Waals surface area contributed by atoms with Gasteiger partial charge in [0.25, 0.3) is 11.9 Å². The molecule has 1 heterocycles. The van der Waals surface area contributed by atoms with E-state index in [0.29, 0.717) is 5.56 Å². The molecule has 19 heavy (non-hydrogen) atoms. The lowest BCUT2D eigenvalue weighted by Gasteiger charge is -1.98. The number of benzene rings is 1. The lowest BCUT2D eigenvalue weighted by atomic mass is 10.2. The Hall–Kier alpha value is -2.97. The zero-order valence-corrected chi connectivity index (χ0v) is 9.76. The number of carbonyl (C=O) groups excluding carboxylic acids is 1. The Kier molecular flexibility index (Phi) is 3.67. The minimum atomic E-state index is -0.422. The Morgan fingerprint density at radius 1 is 1.58 bits per heavy atom. The lowest BCUT2D eigenvalue weighted by molar-refractivity contribution is -0.122. The highest BCUT2D eigenvalue weighted by Gasteiger charge is 2.04. The fraction of sp³-hybridized carbons (Fsp3) is 0.100. The summed E-state index contributed by atoms with van der Waals surface area (Å²) in [4.78, 5) is 12.5. The number of aromatic nitrogens is 4. The smallest absolute Gasteiger partial charge is 0.263 e. The Morgan fingerprint density at radius 2 is 2.42 bits per heavy atom. The van der Waals surface area contributed by atoms with E-state index in [4.69, 9.17) is 5.73 Å². The Morgan fingerprint density at radius 3 is 3.11 bits per heavy atom. The Labute approximate surface area is 107 Å². The number of nitrogen functional groups attached to an aromatic ring is 1. The average molecular weight is 261 g/mol. The van der Waals surface area contributed by atoms with Crippen LogP contribution < -0.4 is 11.2 Å². The summed E-state index contributed by atoms with van der Waals surface area (Å²) in [5, 5.41) is 23.6. The van der Waals surface area contributed by atoms with Gasteiger partial charge in [-0.05, 0) is 22.9 Å². The van der Waals surface area contributed by atoms with Gasteiger partial charge in [0.15, 0.2) is 0 Å². The van der Waals surface area contributed by atoms with Crippen LogP contribution in [0.2, 0.25) is 0 Å². The summed E-state index contributed by atoms with van der Waals surface area (Å²) in [6, 6.07) is 6.45. The molecule has 9 heteroatoms. The maximum Gasteiger partial charge on any atom is 0.263 e. The quantitative estimate of drug-likeness (QED) is 0.483. The highest BCUT2D eigenvalue weighted by molar-refractivity contribution is 5.82. The van der Waals surface area contributed by atoms with Crippen molar-refractivity contribution in [3.05, 3.63) is 29.8 Å². The third-order valence-electron chi connectivity index (χ3n) is 2.03. The number of phenolic OH excluding ortho intramolecular Hbond substituents is 1. The van der Waals surface area contributed by atoms with Crippen molar-refractivity contribution in [1.29, 1.82) is 0 Å². The minimum Gasteiger partial charge on any atom is -0.508 e. The number of anilines is 1. The van der Waals surface area contributed by atoms with Gasteiger partial charge in [-0.3, -0.25) is 4.79 Å². The van der Waals surface area contributed by atoms with Crippen molar-refractivity contribution in [1.82, 2.24) is 25.6 Å². The number of phenols is 1. The molecular weight excluding hydrogens is 250 g/mol. The van der Waals surface area contributed by atoms with E-state index in [0.717, 1.165) is 4.80 Å². The highest BCUT2D eigenvalue weighted by atomic mass is 16.3. The molecule has 0 saturated carbocycles. The van der Waals surface area contributed by atoms with Crippen LogP contribution in [0, 0.1) is 0 Å². The van der Waals surface area contributed by atoms with Gasteiger partial charge < -0.3 is 10.8 Å². The first-order valence-corrected chi connectivity index (χ1v) is 5.28. The number of carbonyl (C=O) groups is 1. The molecule has 9 nitrogen and oxygen atoms in total. The van der Waals surface area contributed by atoms with Gasteiger partial charge in [0, 0.05) is 0 Å². The number of amides is 1. The average Bonchev–Trinajstić information content (AvgIpc) is 2.75. The summed E-state index contributed by atoms with van der Waals surface area (Å²) in [6.07, 6.45) is 1.40. The van der Waals surface area contributed by atoms with E-state index in [1.165, 1.54) is 18.3 Å². The maximum atomic E-state index is 11.4. The summed E-state index contributed by atoms with van der Waals surface area (Å²) in [7, 11) is 0. The van der Waals surface area contributed by atoms with Crippen LogP contribution in [0.1, 0.15) is 5.56 Å². The summed E-state index contributed by atoms with van der Waals surface area (Å²) in [5.74, 6) is -0.303. The lowest BCUT2D eigenvalue weighted by Crippen LogP contribution is -2.24. The number of tetrazole rings is 1. The monoisotopic (exact) mass is 261 g/mol. The second-order valence-electron chi connectivity index (χ2n) is 3.57. The van der Waals surface area contributed by atoms with Gasteiger partial charge >= 0.3 is 0 Å². The number of aromatic hydroxyl groups is 1. The van der Waals surface area contributed by atoms with Crippen LogP contribution in [0.5, 0.6) is 5.75 Å². The predicted molar refractivity (Wildman–Crippen MR) is 66.1 cm³/mol. The van der Waals surface area contributed by atoms with Gasteiger partial charge in [0.2, 0.25) is 0 Å². The number of nitrogens with one attached hydrogen (secondary N) is 1. The number of hydrazone groups is 1. The molecule has 0 aliphatic heterocycles. The molecule has 1 aromatic carbocycles. The molecule has 0 bridgehead atoms. The van der Waals surface area contributed by atoms with Gasteiger partial charge in [0.1, 0.15) is 12.3 Å². The molecule has 1 amide bonds. The fourth-order valence-electron chi connectivity index (χ4n) is 1.27. The normalized spacial score (nSPS) is 10.7. The molecule has 4 N–H and O–H groups in total. The minimum absolute atomic E-state index is 0.00365. The second kappa shape index (κ2) is 5.58. The Bertz CT molecular complexity index is 607. The van der Waals surface area contributed by atoms with E-state index in [1.54, 1.807) is 12.1 Å². The van der Waals surface area contributed by atoms with E-state index < -0.39 is 5.91 Å². The topological polar surface area (TPSA) is 131 Å². The first-order chi connectivity index (χ1) is 9.13. The first-order valence-electron chi connectivity index (χ1n) is 5.28. The van der Waals surface area contributed by atoms with Gasteiger partial charge in [-0.2, -0.15) is 9.90 Å². The van der Waals surface area contributed by atoms with E-state index in [1.807, 2.05) is 0 Å². The third kappa shape index (κ3) is 3.77. The predicted octanol–water partition coefficient (Wildman–Crippen LogP) is -0.889. The van der Waals surface area contributed by atoms with Crippen molar-refractivity contribution in [2.75, 3.05) is 5.73 Å². The van der Waals surface area contributed by atoms with Crippen molar-refractivity contribution in [2.24, 2.45) is 5.10 Å². The molecule has 0 aliphatic rings. The van der Waals surface area contributed by atoms with E-state index in [9.17, 15) is 9.90 Å². The third-order valence-corrected chi connectivity index (χ3v) is 2.03. The highest BCUT2D eigenvalue weighted by Crippen LogP contribution is 2.08. The van der Waals surface area contributed by atoms with Crippen molar-refractivity contribution in [2.45, 2.75) is 6.54 Å². The molecule has 0 aliphatic carbocycles. The zero-order valence-electron chi connectivity index (χ0n) is 9.76. The Balaban J connectivity index is 1.86. The number of nitrogens with two attached hydrogens (primary N) is 1. The van der Waals surface area contributed by atoms with Gasteiger partial charge in [-0.15, -0.1) is 5.10 Å². The molecule has 2 rings (SSSR count). The van der Waals surface area contributed by atoms with Gasteiger partial charge in [0.05, 0.1) is 6.21 Å². The van der Waals surface area contributed by atoms with Crippen LogP contribution in [0.3, 0.4) is 0 Å². The fourth-order valence-corrected chi connectivity index (χ4v) is 1.27. The summed E-state index contributed by atoms with van der Waals surface area (Å²) in [6.45, 7) is -0.137. The number of hydrogen-bond donors (Lipinski definition) is 3. The van der Waals surface area contributed by atoms with E-state index in [2.05, 4.69) is 25.9 Å². The molecule has 0 unspecified atom stereocenters. The van der Waals surface area contributed by atoms with Gasteiger partial charge in [-0.1, -0.05) is 17.2 Å². The molecule has 0 atom stereocenters. The zero-order chi connectivity index (χ0) is 13.7. The SMILES string of the molecule is Nc1nnn(CC(=O)N/N=C\c2cccc(O)c2)n1. The van der Waals surface area contributed by atoms with Crippen molar-refractivity contribution in [3.8, 4) is 5.75 Å². The van der Waals surface area contributed by atoms with Crippen molar-refractivity contribution >= 4 is 18.1 Å². The maximum absolute atomic E-state index is 11.4. The molecule has 0 fully saturated rings. The van der Waals surface area contributed by atoms with Crippen molar-refractivity contribution < 1.29 is 9.90 Å². The molecule has 2 aromatic rings. The molecular formula is C10H11N7O2. The second-order valence-corrected chi connectivity index (χ2v) is 3.57. The van der Waals surface area contributed by atoms with Crippen LogP contribution >= 0.6 is 0 Å². The molecule has 0 saturated heterocycles. The number of hydrogen-bond acceptors (Lipinski definition) is 7. The molecule has 98 valence electrons.